The van der Waals surface area contributed by atoms with Gasteiger partial charge in [0.1, 0.15) is 11.4 Å². The van der Waals surface area contributed by atoms with Crippen LogP contribution in [0.25, 0.3) is 22.3 Å². The van der Waals surface area contributed by atoms with Crippen LogP contribution >= 0.6 is 0 Å². The number of unbranched alkanes of at least 4 members (excludes halogenated alkanes) is 1. The minimum atomic E-state index is 0.0414. The maximum atomic E-state index is 13.0. The number of nitrogens with one attached hydrogen (secondary N) is 2. The van der Waals surface area contributed by atoms with E-state index in [4.69, 9.17) is 9.72 Å². The van der Waals surface area contributed by atoms with Crippen molar-refractivity contribution in [1.29, 1.82) is 0 Å². The SMILES string of the molecule is CC.CCCCC(CC)COc1ccnc(-c2ccnc(Nc3ccc4[nH]c(C(=O)N5CCN(C)CC5)cc4c3)n2)c1. The molecule has 0 bridgehead atoms. The Morgan fingerprint density at radius 3 is 2.55 bits per heavy atom. The van der Waals surface area contributed by atoms with Crippen LogP contribution in [0.3, 0.4) is 0 Å². The number of nitrogens with zero attached hydrogens (tertiary/aromatic N) is 5. The maximum absolute atomic E-state index is 13.0. The molecule has 1 amide bonds. The molecule has 1 unspecified atom stereocenters. The summed E-state index contributed by atoms with van der Waals surface area (Å²) < 4.78 is 6.12. The van der Waals surface area contributed by atoms with E-state index < -0.39 is 0 Å². The van der Waals surface area contributed by atoms with Crippen LogP contribution in [-0.4, -0.2) is 75.5 Å². The second-order valence-corrected chi connectivity index (χ2v) is 10.6. The van der Waals surface area contributed by atoms with Gasteiger partial charge in [-0.2, -0.15) is 0 Å². The Hall–Kier alpha value is -3.98. The third kappa shape index (κ3) is 8.06. The van der Waals surface area contributed by atoms with Gasteiger partial charge in [-0.3, -0.25) is 9.78 Å². The standard InChI is InChI=1S/C31H39N7O2.C2H6/c1-4-6-7-22(5-2)21-40-25-10-12-32-28(20-25)27-11-13-33-31(36-27)34-24-8-9-26-23(18-24)19-29(35-26)30(39)38-16-14-37(3)15-17-38;1-2/h8-13,18-20,22,35H,4-7,14-17,21H2,1-3H3,(H,33,34,36);1-2H3. The zero-order valence-corrected chi connectivity index (χ0v) is 25.7. The highest BCUT2D eigenvalue weighted by Gasteiger charge is 2.21. The third-order valence-electron chi connectivity index (χ3n) is 7.58. The van der Waals surface area contributed by atoms with Crippen molar-refractivity contribution >= 4 is 28.4 Å². The monoisotopic (exact) mass is 571 g/mol. The van der Waals surface area contributed by atoms with Crippen molar-refractivity contribution in [2.24, 2.45) is 5.92 Å². The van der Waals surface area contributed by atoms with Gasteiger partial charge in [-0.1, -0.05) is 47.0 Å². The van der Waals surface area contributed by atoms with Gasteiger partial charge >= 0.3 is 0 Å². The number of carbonyl (C=O) groups is 1. The minimum absolute atomic E-state index is 0.0414. The number of rotatable bonds is 11. The second-order valence-electron chi connectivity index (χ2n) is 10.6. The smallest absolute Gasteiger partial charge is 0.270 e. The Balaban J connectivity index is 0.00000198. The Morgan fingerprint density at radius 2 is 1.79 bits per heavy atom. The van der Waals surface area contributed by atoms with E-state index in [2.05, 4.69) is 46.1 Å². The van der Waals surface area contributed by atoms with Crippen LogP contribution in [0.2, 0.25) is 0 Å². The van der Waals surface area contributed by atoms with Gasteiger partial charge < -0.3 is 24.8 Å². The van der Waals surface area contributed by atoms with Gasteiger partial charge in [0.15, 0.2) is 0 Å². The molecule has 1 atom stereocenters. The minimum Gasteiger partial charge on any atom is -0.493 e. The van der Waals surface area contributed by atoms with Gasteiger partial charge in [-0.05, 0) is 55.8 Å². The van der Waals surface area contributed by atoms with Crippen molar-refractivity contribution in [3.05, 3.63) is 60.6 Å². The summed E-state index contributed by atoms with van der Waals surface area (Å²) in [6, 6.07) is 13.5. The number of likely N-dealkylation sites (N-methyl/N-ethyl adjacent to an activating group) is 1. The normalized spacial score (nSPS) is 14.3. The number of piperazine rings is 1. The number of hydrogen-bond donors (Lipinski definition) is 2. The van der Waals surface area contributed by atoms with Crippen LogP contribution in [0.4, 0.5) is 11.6 Å². The van der Waals surface area contributed by atoms with Gasteiger partial charge in [0.2, 0.25) is 5.95 Å². The molecule has 2 N–H and O–H groups in total. The Labute approximate surface area is 249 Å². The van der Waals surface area contributed by atoms with E-state index in [1.807, 2.05) is 61.2 Å². The van der Waals surface area contributed by atoms with Crippen LogP contribution in [0.1, 0.15) is 63.9 Å². The largest absolute Gasteiger partial charge is 0.493 e. The van der Waals surface area contributed by atoms with Crippen LogP contribution in [0.15, 0.2) is 54.9 Å². The highest BCUT2D eigenvalue weighted by Crippen LogP contribution is 2.25. The second kappa shape index (κ2) is 15.3. The molecule has 9 heteroatoms. The van der Waals surface area contributed by atoms with Gasteiger partial charge in [0.05, 0.1) is 18.0 Å². The number of carbonyl (C=O) groups excluding carboxylic acids is 1. The van der Waals surface area contributed by atoms with Crippen molar-refractivity contribution in [3.8, 4) is 17.1 Å². The number of benzene rings is 1. The number of anilines is 2. The topological polar surface area (TPSA) is 99.3 Å². The number of pyridine rings is 1. The first kappa shape index (κ1) is 31.0. The molecule has 224 valence electrons. The molecule has 1 saturated heterocycles. The Kier molecular flexibility index (Phi) is 11.3. The van der Waals surface area contributed by atoms with Crippen LogP contribution in [-0.2, 0) is 0 Å². The molecule has 1 aromatic carbocycles. The van der Waals surface area contributed by atoms with Crippen molar-refractivity contribution in [3.63, 3.8) is 0 Å². The molecule has 1 fully saturated rings. The number of ether oxygens (including phenoxy) is 1. The summed E-state index contributed by atoms with van der Waals surface area (Å²) in [6.07, 6.45) is 8.21. The molecule has 42 heavy (non-hydrogen) atoms. The molecule has 3 aromatic heterocycles. The summed E-state index contributed by atoms with van der Waals surface area (Å²) in [6.45, 7) is 12.4. The number of hydrogen-bond acceptors (Lipinski definition) is 7. The average molecular weight is 572 g/mol. The maximum Gasteiger partial charge on any atom is 0.270 e. The first-order valence-electron chi connectivity index (χ1n) is 15.3. The third-order valence-corrected chi connectivity index (χ3v) is 7.58. The molecule has 0 spiro atoms. The van der Waals surface area contributed by atoms with E-state index in [0.29, 0.717) is 29.9 Å². The molecule has 0 radical (unpaired) electrons. The zero-order valence-electron chi connectivity index (χ0n) is 25.7. The predicted octanol–water partition coefficient (Wildman–Crippen LogP) is 6.77. The number of aromatic amines is 1. The fraction of sp³-hybridized carbons (Fsp3) is 0.455. The number of aromatic nitrogens is 4. The molecule has 5 rings (SSSR count). The lowest BCUT2D eigenvalue weighted by Crippen LogP contribution is -2.47. The van der Waals surface area contributed by atoms with Crippen molar-refractivity contribution in [1.82, 2.24) is 29.7 Å². The van der Waals surface area contributed by atoms with E-state index in [9.17, 15) is 4.79 Å². The lowest BCUT2D eigenvalue weighted by atomic mass is 10.0. The lowest BCUT2D eigenvalue weighted by Gasteiger charge is -2.32. The summed E-state index contributed by atoms with van der Waals surface area (Å²) >= 11 is 0. The predicted molar refractivity (Wildman–Crippen MR) is 170 cm³/mol. The van der Waals surface area contributed by atoms with E-state index in [-0.39, 0.29) is 5.91 Å². The summed E-state index contributed by atoms with van der Waals surface area (Å²) in [5.74, 6) is 1.87. The molecule has 1 aliphatic heterocycles. The van der Waals surface area contributed by atoms with Gasteiger partial charge in [0.25, 0.3) is 5.91 Å². The molecule has 4 heterocycles. The van der Waals surface area contributed by atoms with Gasteiger partial charge in [-0.15, -0.1) is 0 Å². The quantitative estimate of drug-likeness (QED) is 0.205. The first-order valence-corrected chi connectivity index (χ1v) is 15.3. The molecular formula is C33H45N7O2. The first-order chi connectivity index (χ1) is 20.5. The molecule has 0 aliphatic carbocycles. The van der Waals surface area contributed by atoms with Crippen molar-refractivity contribution < 1.29 is 9.53 Å². The van der Waals surface area contributed by atoms with E-state index in [1.165, 1.54) is 19.3 Å². The Morgan fingerprint density at radius 1 is 1.00 bits per heavy atom. The highest BCUT2D eigenvalue weighted by molar-refractivity contribution is 5.98. The molecule has 0 saturated carbocycles. The number of H-pyrrole nitrogens is 1. The van der Waals surface area contributed by atoms with Crippen molar-refractivity contribution in [2.45, 2.75) is 53.4 Å². The number of amides is 1. The zero-order chi connectivity index (χ0) is 29.9. The van der Waals surface area contributed by atoms with Gasteiger partial charge in [0, 0.05) is 61.2 Å². The average Bonchev–Trinajstić information content (AvgIpc) is 3.46. The molecule has 9 nitrogen and oxygen atoms in total. The number of fused-ring (bicyclic) bond motifs is 1. The summed E-state index contributed by atoms with van der Waals surface area (Å²) in [7, 11) is 2.08. The highest BCUT2D eigenvalue weighted by atomic mass is 16.5. The fourth-order valence-electron chi connectivity index (χ4n) is 4.95. The summed E-state index contributed by atoms with van der Waals surface area (Å²) in [5, 5.41) is 4.25. The van der Waals surface area contributed by atoms with E-state index in [0.717, 1.165) is 60.6 Å². The summed E-state index contributed by atoms with van der Waals surface area (Å²) in [5.41, 5.74) is 3.81. The van der Waals surface area contributed by atoms with Crippen LogP contribution in [0, 0.1) is 5.92 Å². The van der Waals surface area contributed by atoms with Crippen LogP contribution in [0.5, 0.6) is 5.75 Å². The lowest BCUT2D eigenvalue weighted by molar-refractivity contribution is 0.0659. The summed E-state index contributed by atoms with van der Waals surface area (Å²) in [4.78, 5) is 34.1. The van der Waals surface area contributed by atoms with Gasteiger partial charge in [-0.25, -0.2) is 9.97 Å². The molecule has 4 aromatic rings. The van der Waals surface area contributed by atoms with E-state index in [1.54, 1.807) is 12.4 Å². The van der Waals surface area contributed by atoms with E-state index >= 15 is 0 Å². The fourth-order valence-corrected chi connectivity index (χ4v) is 4.95. The molecule has 1 aliphatic rings. The van der Waals surface area contributed by atoms with Crippen LogP contribution < -0.4 is 10.1 Å². The van der Waals surface area contributed by atoms with Crippen molar-refractivity contribution in [2.75, 3.05) is 45.2 Å². The molecular weight excluding hydrogens is 526 g/mol. The Bertz CT molecular complexity index is 1430.